The lowest BCUT2D eigenvalue weighted by atomic mass is 9.94. The molecule has 55 heavy (non-hydrogen) atoms. The lowest BCUT2D eigenvalue weighted by Crippen LogP contribution is -1.96. The van der Waals surface area contributed by atoms with E-state index in [1.807, 2.05) is 18.3 Å². The smallest absolute Gasteiger partial charge is 0.0465 e. The van der Waals surface area contributed by atoms with Gasteiger partial charge in [0, 0.05) is 50.6 Å². The van der Waals surface area contributed by atoms with Crippen molar-refractivity contribution in [3.05, 3.63) is 224 Å². The number of para-hydroxylation sites is 1. The monoisotopic (exact) mass is 705 g/mol. The molecule has 0 aliphatic heterocycles. The number of aromatic nitrogens is 1. The van der Waals surface area contributed by atoms with Crippen molar-refractivity contribution < 1.29 is 0 Å². The summed E-state index contributed by atoms with van der Waals surface area (Å²) >= 11 is 0. The molecule has 0 amide bonds. The Morgan fingerprint density at radius 2 is 1.24 bits per heavy atom. The number of rotatable bonds is 10. The van der Waals surface area contributed by atoms with Gasteiger partial charge in [0.15, 0.2) is 0 Å². The highest BCUT2D eigenvalue weighted by atomic mass is 14.9. The van der Waals surface area contributed by atoms with Gasteiger partial charge in [0.25, 0.3) is 0 Å². The van der Waals surface area contributed by atoms with Crippen molar-refractivity contribution >= 4 is 60.8 Å². The van der Waals surface area contributed by atoms with Crippen molar-refractivity contribution in [1.29, 1.82) is 0 Å². The van der Waals surface area contributed by atoms with Gasteiger partial charge in [-0.05, 0) is 116 Å². The third kappa shape index (κ3) is 7.20. The molecule has 0 fully saturated rings. The molecular weight excluding hydrogens is 667 g/mol. The molecule has 0 saturated carbocycles. The summed E-state index contributed by atoms with van der Waals surface area (Å²) in [6.45, 7) is 4.49. The Kier molecular flexibility index (Phi) is 9.09. The average Bonchev–Trinajstić information content (AvgIpc) is 3.62. The number of anilines is 3. The highest BCUT2D eigenvalue weighted by Gasteiger charge is 2.13. The lowest BCUT2D eigenvalue weighted by Gasteiger charge is -2.16. The zero-order valence-corrected chi connectivity index (χ0v) is 30.3. The fourth-order valence-electron chi connectivity index (χ4n) is 7.31. The van der Waals surface area contributed by atoms with Crippen molar-refractivity contribution in [3.63, 3.8) is 0 Å². The van der Waals surface area contributed by atoms with Gasteiger partial charge in [0.2, 0.25) is 0 Å². The first-order chi connectivity index (χ1) is 27.1. The van der Waals surface area contributed by atoms with E-state index in [1.165, 1.54) is 32.7 Å². The first-order valence-corrected chi connectivity index (χ1v) is 18.6. The molecule has 0 bridgehead atoms. The Balaban J connectivity index is 1.14. The highest BCUT2D eigenvalue weighted by molar-refractivity contribution is 6.09. The number of nitrogens with one attached hydrogen (secondary N) is 3. The fraction of sp³-hybridized carbons (Fsp3) is 0. The van der Waals surface area contributed by atoms with Gasteiger partial charge in [-0.1, -0.05) is 140 Å². The van der Waals surface area contributed by atoms with Crippen molar-refractivity contribution in [1.82, 2.24) is 4.98 Å². The number of hydrogen-bond acceptors (Lipinski definition) is 2. The second-order valence-electron chi connectivity index (χ2n) is 13.8. The molecule has 0 saturated heterocycles. The largest absolute Gasteiger partial charge is 0.362 e. The molecule has 3 N–H and O–H groups in total. The van der Waals surface area contributed by atoms with Crippen LogP contribution in [0.15, 0.2) is 213 Å². The van der Waals surface area contributed by atoms with E-state index in [-0.39, 0.29) is 0 Å². The van der Waals surface area contributed by atoms with E-state index in [1.54, 1.807) is 0 Å². The molecule has 9 aromatic rings. The molecule has 0 unspecified atom stereocenters. The van der Waals surface area contributed by atoms with Crippen molar-refractivity contribution in [2.75, 3.05) is 10.6 Å². The summed E-state index contributed by atoms with van der Waals surface area (Å²) in [7, 11) is 0. The molecule has 1 heterocycles. The molecule has 0 spiro atoms. The normalized spacial score (nSPS) is 11.7. The van der Waals surface area contributed by atoms with Crippen LogP contribution in [-0.2, 0) is 0 Å². The Morgan fingerprint density at radius 3 is 2.11 bits per heavy atom. The third-order valence-corrected chi connectivity index (χ3v) is 10.2. The first-order valence-electron chi connectivity index (χ1n) is 18.6. The summed E-state index contributed by atoms with van der Waals surface area (Å²) in [5, 5.41) is 12.1. The van der Waals surface area contributed by atoms with E-state index in [0.29, 0.717) is 0 Å². The SMILES string of the molecule is C=C(/C=C(\C=C/Nc1cccc(-c2ccccc2)c1)c1ccc(Nc2ccc3ccccc3c2)c(-c2ccc3[nH]c4ccccc4c3c2)c1)c1ccccc1. The molecule has 8 aromatic carbocycles. The summed E-state index contributed by atoms with van der Waals surface area (Å²) in [5.74, 6) is 0. The summed E-state index contributed by atoms with van der Waals surface area (Å²) in [6, 6.07) is 66.2. The van der Waals surface area contributed by atoms with E-state index in [2.05, 4.69) is 210 Å². The van der Waals surface area contributed by atoms with Crippen molar-refractivity contribution in [3.8, 4) is 22.3 Å². The lowest BCUT2D eigenvalue weighted by molar-refractivity contribution is 1.51. The summed E-state index contributed by atoms with van der Waals surface area (Å²) < 4.78 is 0. The van der Waals surface area contributed by atoms with Crippen LogP contribution in [0.5, 0.6) is 0 Å². The van der Waals surface area contributed by atoms with Crippen LogP contribution in [0.1, 0.15) is 11.1 Å². The first kappa shape index (κ1) is 33.5. The van der Waals surface area contributed by atoms with E-state index in [9.17, 15) is 0 Å². The van der Waals surface area contributed by atoms with Crippen molar-refractivity contribution in [2.45, 2.75) is 0 Å². The molecule has 0 aliphatic rings. The van der Waals surface area contributed by atoms with Crippen LogP contribution >= 0.6 is 0 Å². The number of H-pyrrole nitrogens is 1. The van der Waals surface area contributed by atoms with Gasteiger partial charge in [-0.25, -0.2) is 0 Å². The quantitative estimate of drug-likeness (QED) is 0.124. The Bertz CT molecular complexity index is 2880. The zero-order chi connectivity index (χ0) is 37.0. The van der Waals surface area contributed by atoms with Crippen LogP contribution in [0.3, 0.4) is 0 Å². The minimum atomic E-state index is 0.937. The van der Waals surface area contributed by atoms with Crippen molar-refractivity contribution in [2.24, 2.45) is 0 Å². The number of fused-ring (bicyclic) bond motifs is 4. The van der Waals surface area contributed by atoms with Gasteiger partial charge < -0.3 is 15.6 Å². The number of hydrogen-bond donors (Lipinski definition) is 3. The molecule has 0 radical (unpaired) electrons. The predicted molar refractivity (Wildman–Crippen MR) is 237 cm³/mol. The number of aromatic amines is 1. The maximum Gasteiger partial charge on any atom is 0.0465 e. The predicted octanol–water partition coefficient (Wildman–Crippen LogP) is 14.3. The van der Waals surface area contributed by atoms with Gasteiger partial charge in [0.05, 0.1) is 0 Å². The van der Waals surface area contributed by atoms with Gasteiger partial charge >= 0.3 is 0 Å². The average molecular weight is 706 g/mol. The highest BCUT2D eigenvalue weighted by Crippen LogP contribution is 2.38. The van der Waals surface area contributed by atoms with Gasteiger partial charge in [-0.15, -0.1) is 0 Å². The molecule has 0 aliphatic carbocycles. The zero-order valence-electron chi connectivity index (χ0n) is 30.3. The Hall–Kier alpha value is -7.36. The van der Waals surface area contributed by atoms with Crippen LogP contribution < -0.4 is 10.6 Å². The molecule has 262 valence electrons. The van der Waals surface area contributed by atoms with Crippen LogP contribution in [0, 0.1) is 0 Å². The molecule has 3 heteroatoms. The van der Waals surface area contributed by atoms with Crippen LogP contribution in [-0.4, -0.2) is 4.98 Å². The van der Waals surface area contributed by atoms with E-state index >= 15 is 0 Å². The summed E-state index contributed by atoms with van der Waals surface area (Å²) in [6.07, 6.45) is 6.33. The molecule has 9 rings (SSSR count). The summed E-state index contributed by atoms with van der Waals surface area (Å²) in [4.78, 5) is 3.59. The fourth-order valence-corrected chi connectivity index (χ4v) is 7.31. The minimum absolute atomic E-state index is 0.937. The number of benzene rings is 8. The van der Waals surface area contributed by atoms with E-state index < -0.39 is 0 Å². The maximum absolute atomic E-state index is 4.49. The minimum Gasteiger partial charge on any atom is -0.362 e. The topological polar surface area (TPSA) is 39.8 Å². The van der Waals surface area contributed by atoms with Gasteiger partial charge in [0.1, 0.15) is 0 Å². The molecule has 0 atom stereocenters. The number of allylic oxidation sites excluding steroid dienone is 4. The maximum atomic E-state index is 4.49. The molecule has 3 nitrogen and oxygen atoms in total. The molecular formula is C52H39N3. The van der Waals surface area contributed by atoms with Crippen LogP contribution in [0.2, 0.25) is 0 Å². The standard InChI is InChI=1S/C52H39N3/c1-36(37-13-4-2-5-14-37)31-43(29-30-53-45-20-12-19-41(32-45)38-15-6-3-7-16-38)42-24-27-51(54-46-26-23-39-17-8-9-18-40(39)33-46)48(34-42)44-25-28-52-49(35-44)47-21-10-11-22-50(47)55-52/h2-35,53-55H,1H2/b30-29-,43-31+. The Morgan fingerprint density at radius 1 is 0.491 bits per heavy atom. The van der Waals surface area contributed by atoms with Crippen LogP contribution in [0.25, 0.3) is 66.0 Å². The Labute approximate surface area is 321 Å². The van der Waals surface area contributed by atoms with E-state index in [4.69, 9.17) is 0 Å². The third-order valence-electron chi connectivity index (χ3n) is 10.2. The van der Waals surface area contributed by atoms with Crippen LogP contribution in [0.4, 0.5) is 17.1 Å². The van der Waals surface area contributed by atoms with E-state index in [0.717, 1.165) is 61.5 Å². The second kappa shape index (κ2) is 14.9. The summed E-state index contributed by atoms with van der Waals surface area (Å²) in [5.41, 5.74) is 14.0. The van der Waals surface area contributed by atoms with Gasteiger partial charge in [-0.2, -0.15) is 0 Å². The second-order valence-corrected chi connectivity index (χ2v) is 13.8. The van der Waals surface area contributed by atoms with Gasteiger partial charge in [-0.3, -0.25) is 0 Å². The molecule has 1 aromatic heterocycles.